The van der Waals surface area contributed by atoms with E-state index >= 15 is 0 Å². The summed E-state index contributed by atoms with van der Waals surface area (Å²) in [6.07, 6.45) is 0. The molecule has 0 aliphatic rings. The summed E-state index contributed by atoms with van der Waals surface area (Å²) >= 11 is 0. The van der Waals surface area contributed by atoms with E-state index in [9.17, 15) is 4.79 Å². The summed E-state index contributed by atoms with van der Waals surface area (Å²) in [6.45, 7) is 2.00. The normalized spacial score (nSPS) is 11.4. The Kier molecular flexibility index (Phi) is 3.19. The molecule has 0 aliphatic heterocycles. The Morgan fingerprint density at radius 1 is 0.692 bits per heavy atom. The van der Waals surface area contributed by atoms with Gasteiger partial charge in [-0.15, -0.1) is 0 Å². The number of hydrogen-bond acceptors (Lipinski definition) is 2. The smallest absolute Gasteiger partial charge is 0.343 e. The third kappa shape index (κ3) is 2.23. The highest BCUT2D eigenvalue weighted by Gasteiger charge is 2.14. The summed E-state index contributed by atoms with van der Waals surface area (Å²) in [7, 11) is 0. The van der Waals surface area contributed by atoms with Gasteiger partial charge in [-0.3, -0.25) is 0 Å². The average molecular weight is 336 g/mol. The highest BCUT2D eigenvalue weighted by atomic mass is 16.5. The van der Waals surface area contributed by atoms with Crippen LogP contribution in [0.2, 0.25) is 0 Å². The maximum atomic E-state index is 12.6. The number of esters is 1. The van der Waals surface area contributed by atoms with Crippen LogP contribution in [-0.2, 0) is 0 Å². The first kappa shape index (κ1) is 14.9. The van der Waals surface area contributed by atoms with Gasteiger partial charge in [0.15, 0.2) is 0 Å². The van der Waals surface area contributed by atoms with Gasteiger partial charge in [-0.1, -0.05) is 60.2 Å². The van der Waals surface area contributed by atoms with Gasteiger partial charge >= 0.3 is 5.97 Å². The van der Waals surface area contributed by atoms with Gasteiger partial charge < -0.3 is 4.74 Å². The molecular formula is C24H16O2. The Morgan fingerprint density at radius 2 is 1.31 bits per heavy atom. The maximum Gasteiger partial charge on any atom is 0.343 e. The first-order chi connectivity index (χ1) is 12.7. The standard InChI is InChI=1S/C24H16O2/c1-15-5-7-19(8-6-15)24(25)26-21-14-12-18-10-9-16-3-2-4-17-11-13-20(21)23(18)22(16)17/h2-14H,1H3. The summed E-state index contributed by atoms with van der Waals surface area (Å²) in [5.41, 5.74) is 1.67. The minimum Gasteiger partial charge on any atom is -0.422 e. The minimum atomic E-state index is -0.333. The highest BCUT2D eigenvalue weighted by molar-refractivity contribution is 6.24. The lowest BCUT2D eigenvalue weighted by atomic mass is 9.94. The van der Waals surface area contributed by atoms with Crippen molar-refractivity contribution in [2.75, 3.05) is 0 Å². The van der Waals surface area contributed by atoms with E-state index in [4.69, 9.17) is 4.74 Å². The molecule has 26 heavy (non-hydrogen) atoms. The van der Waals surface area contributed by atoms with Crippen LogP contribution >= 0.6 is 0 Å². The molecule has 0 N–H and O–H groups in total. The Bertz CT molecular complexity index is 1250. The molecule has 0 aliphatic carbocycles. The van der Waals surface area contributed by atoms with Crippen molar-refractivity contribution < 1.29 is 9.53 Å². The Morgan fingerprint density at radius 3 is 2.04 bits per heavy atom. The predicted molar refractivity (Wildman–Crippen MR) is 106 cm³/mol. The van der Waals surface area contributed by atoms with E-state index in [1.165, 1.54) is 16.2 Å². The van der Waals surface area contributed by atoms with Gasteiger partial charge in [-0.25, -0.2) is 4.79 Å². The van der Waals surface area contributed by atoms with Crippen molar-refractivity contribution in [3.8, 4) is 5.75 Å². The van der Waals surface area contributed by atoms with E-state index in [-0.39, 0.29) is 5.97 Å². The molecule has 0 heterocycles. The van der Waals surface area contributed by atoms with Crippen molar-refractivity contribution in [2.24, 2.45) is 0 Å². The van der Waals surface area contributed by atoms with E-state index in [0.29, 0.717) is 11.3 Å². The third-order valence-electron chi connectivity index (χ3n) is 4.98. The quantitative estimate of drug-likeness (QED) is 0.221. The Labute approximate surface area is 151 Å². The van der Waals surface area contributed by atoms with Gasteiger partial charge in [0.05, 0.1) is 5.56 Å². The first-order valence-electron chi connectivity index (χ1n) is 8.66. The molecule has 2 heteroatoms. The molecule has 0 atom stereocenters. The second kappa shape index (κ2) is 5.57. The summed E-state index contributed by atoms with van der Waals surface area (Å²) < 4.78 is 5.76. The Hall–Kier alpha value is -3.39. The summed E-state index contributed by atoms with van der Waals surface area (Å²) in [5, 5.41) is 6.88. The molecule has 0 unspecified atom stereocenters. The van der Waals surface area contributed by atoms with Crippen molar-refractivity contribution in [3.05, 3.63) is 90.0 Å². The molecule has 5 rings (SSSR count). The second-order valence-electron chi connectivity index (χ2n) is 6.68. The molecule has 0 saturated heterocycles. The maximum absolute atomic E-state index is 12.6. The van der Waals surface area contributed by atoms with Gasteiger partial charge in [0.2, 0.25) is 0 Å². The van der Waals surface area contributed by atoms with Crippen molar-refractivity contribution in [2.45, 2.75) is 6.92 Å². The molecule has 0 radical (unpaired) electrons. The summed E-state index contributed by atoms with van der Waals surface area (Å²) in [4.78, 5) is 12.6. The molecule has 2 nitrogen and oxygen atoms in total. The summed E-state index contributed by atoms with van der Waals surface area (Å²) in [5.74, 6) is 0.265. The highest BCUT2D eigenvalue weighted by Crippen LogP contribution is 2.38. The lowest BCUT2D eigenvalue weighted by molar-refractivity contribution is 0.0737. The van der Waals surface area contributed by atoms with Crippen LogP contribution in [0.15, 0.2) is 78.9 Å². The largest absolute Gasteiger partial charge is 0.422 e. The average Bonchev–Trinajstić information content (AvgIpc) is 2.67. The fraction of sp³-hybridized carbons (Fsp3) is 0.0417. The van der Waals surface area contributed by atoms with Gasteiger partial charge in [-0.05, 0) is 52.7 Å². The van der Waals surface area contributed by atoms with Crippen LogP contribution in [0.5, 0.6) is 5.75 Å². The van der Waals surface area contributed by atoms with Crippen LogP contribution in [0.1, 0.15) is 15.9 Å². The topological polar surface area (TPSA) is 26.3 Å². The number of carbonyl (C=O) groups is 1. The molecule has 5 aromatic carbocycles. The van der Waals surface area contributed by atoms with Crippen molar-refractivity contribution >= 4 is 38.3 Å². The minimum absolute atomic E-state index is 0.333. The van der Waals surface area contributed by atoms with Crippen LogP contribution in [-0.4, -0.2) is 5.97 Å². The molecule has 0 bridgehead atoms. The fourth-order valence-corrected chi connectivity index (χ4v) is 3.65. The number of rotatable bonds is 2. The van der Waals surface area contributed by atoms with Gasteiger partial charge in [0, 0.05) is 10.8 Å². The van der Waals surface area contributed by atoms with E-state index in [1.807, 2.05) is 37.3 Å². The van der Waals surface area contributed by atoms with Crippen LogP contribution in [0.3, 0.4) is 0 Å². The first-order valence-corrected chi connectivity index (χ1v) is 8.66. The van der Waals surface area contributed by atoms with E-state index in [2.05, 4.69) is 36.4 Å². The van der Waals surface area contributed by atoms with Crippen molar-refractivity contribution in [1.29, 1.82) is 0 Å². The van der Waals surface area contributed by atoms with Crippen LogP contribution in [0, 0.1) is 6.92 Å². The molecule has 5 aromatic rings. The van der Waals surface area contributed by atoms with Crippen molar-refractivity contribution in [3.63, 3.8) is 0 Å². The van der Waals surface area contributed by atoms with Gasteiger partial charge in [0.1, 0.15) is 5.75 Å². The third-order valence-corrected chi connectivity index (χ3v) is 4.98. The molecule has 124 valence electrons. The van der Waals surface area contributed by atoms with Gasteiger partial charge in [-0.2, -0.15) is 0 Å². The molecule has 0 aromatic heterocycles. The van der Waals surface area contributed by atoms with E-state index in [1.54, 1.807) is 12.1 Å². The second-order valence-corrected chi connectivity index (χ2v) is 6.68. The Balaban J connectivity index is 1.68. The molecule has 0 fully saturated rings. The lowest BCUT2D eigenvalue weighted by Gasteiger charge is -2.13. The number of hydrogen-bond donors (Lipinski definition) is 0. The monoisotopic (exact) mass is 336 g/mol. The molecule has 0 spiro atoms. The predicted octanol–water partition coefficient (Wildman–Crippen LogP) is 6.11. The van der Waals surface area contributed by atoms with Crippen LogP contribution in [0.25, 0.3) is 32.3 Å². The van der Waals surface area contributed by atoms with E-state index in [0.717, 1.165) is 21.7 Å². The van der Waals surface area contributed by atoms with Crippen molar-refractivity contribution in [1.82, 2.24) is 0 Å². The zero-order valence-corrected chi connectivity index (χ0v) is 14.3. The number of benzene rings is 5. The molecular weight excluding hydrogens is 320 g/mol. The SMILES string of the molecule is Cc1ccc(C(=O)Oc2ccc3ccc4cccc5ccc2c3c45)cc1. The van der Waals surface area contributed by atoms with Gasteiger partial charge in [0.25, 0.3) is 0 Å². The zero-order valence-electron chi connectivity index (χ0n) is 14.3. The van der Waals surface area contributed by atoms with E-state index < -0.39 is 0 Å². The fourth-order valence-electron chi connectivity index (χ4n) is 3.65. The number of aryl methyl sites for hydroxylation is 1. The lowest BCUT2D eigenvalue weighted by Crippen LogP contribution is -2.08. The molecule has 0 amide bonds. The summed E-state index contributed by atoms with van der Waals surface area (Å²) in [6, 6.07) is 26.0. The number of carbonyl (C=O) groups excluding carboxylic acids is 1. The van der Waals surface area contributed by atoms with Crippen LogP contribution in [0.4, 0.5) is 0 Å². The zero-order chi connectivity index (χ0) is 17.7. The van der Waals surface area contributed by atoms with Crippen LogP contribution < -0.4 is 4.74 Å². The molecule has 0 saturated carbocycles. The number of ether oxygens (including phenoxy) is 1.